The highest BCUT2D eigenvalue weighted by Gasteiger charge is 2.40. The second-order valence-electron chi connectivity index (χ2n) is 9.62. The monoisotopic (exact) mass is 460 g/mol. The molecule has 1 aromatic heterocycles. The van der Waals surface area contributed by atoms with Crippen LogP contribution in [0, 0.1) is 0 Å². The standard InChI is InChI=1S/C26H28N4O4/c31-24-7-2-8-25(32)30(24)29-16-18-14-19(9-10-20(18)26(29)33)34-23-6-1-5-22(23)28-13-11-21-17(15-28)4-3-12-27-21/h3-4,9-10,12,14,22-23H,1-2,5-8,11,13,15-16H2/t22-,23-/m0/s1. The number of piperidine rings is 1. The van der Waals surface area contributed by atoms with Crippen molar-refractivity contribution in [3.63, 3.8) is 0 Å². The van der Waals surface area contributed by atoms with Gasteiger partial charge >= 0.3 is 0 Å². The smallest absolute Gasteiger partial charge is 0.273 e. The van der Waals surface area contributed by atoms with Crippen molar-refractivity contribution in [2.24, 2.45) is 0 Å². The molecule has 34 heavy (non-hydrogen) atoms. The summed E-state index contributed by atoms with van der Waals surface area (Å²) in [6, 6.07) is 10.0. The van der Waals surface area contributed by atoms with Crippen LogP contribution in [-0.2, 0) is 29.1 Å². The Morgan fingerprint density at radius 1 is 0.912 bits per heavy atom. The van der Waals surface area contributed by atoms with Gasteiger partial charge in [0.25, 0.3) is 5.91 Å². The van der Waals surface area contributed by atoms with Crippen LogP contribution in [0.4, 0.5) is 0 Å². The first kappa shape index (κ1) is 21.3. The van der Waals surface area contributed by atoms with E-state index in [0.29, 0.717) is 30.9 Å². The maximum absolute atomic E-state index is 12.9. The van der Waals surface area contributed by atoms with E-state index in [-0.39, 0.29) is 30.4 Å². The molecule has 3 amide bonds. The second kappa shape index (κ2) is 8.51. The molecular formula is C26H28N4O4. The average Bonchev–Trinajstić information content (AvgIpc) is 3.43. The van der Waals surface area contributed by atoms with E-state index in [1.807, 2.05) is 24.4 Å². The van der Waals surface area contributed by atoms with Gasteiger partial charge in [-0.25, -0.2) is 5.01 Å². The van der Waals surface area contributed by atoms with Gasteiger partial charge in [-0.2, -0.15) is 5.01 Å². The van der Waals surface area contributed by atoms with E-state index in [4.69, 9.17) is 4.74 Å². The van der Waals surface area contributed by atoms with Crippen molar-refractivity contribution >= 4 is 17.7 Å². The zero-order chi connectivity index (χ0) is 23.2. The van der Waals surface area contributed by atoms with Gasteiger partial charge in [0.1, 0.15) is 11.9 Å². The van der Waals surface area contributed by atoms with Gasteiger partial charge in [0.2, 0.25) is 11.8 Å². The summed E-state index contributed by atoms with van der Waals surface area (Å²) in [6.07, 6.45) is 7.29. The van der Waals surface area contributed by atoms with Crippen LogP contribution < -0.4 is 4.74 Å². The summed E-state index contributed by atoms with van der Waals surface area (Å²) in [5.74, 6) is -0.174. The van der Waals surface area contributed by atoms with Crippen molar-refractivity contribution in [3.05, 3.63) is 58.9 Å². The Bertz CT molecular complexity index is 1150. The van der Waals surface area contributed by atoms with Gasteiger partial charge in [-0.3, -0.25) is 24.3 Å². The van der Waals surface area contributed by atoms with Crippen molar-refractivity contribution in [3.8, 4) is 5.75 Å². The van der Waals surface area contributed by atoms with Crippen LogP contribution in [0.2, 0.25) is 0 Å². The fraction of sp³-hybridized carbons (Fsp3) is 0.462. The van der Waals surface area contributed by atoms with Gasteiger partial charge in [0.05, 0.1) is 6.54 Å². The van der Waals surface area contributed by atoms with Crippen molar-refractivity contribution < 1.29 is 19.1 Å². The lowest BCUT2D eigenvalue weighted by Gasteiger charge is -2.36. The maximum Gasteiger partial charge on any atom is 0.273 e. The molecule has 0 radical (unpaired) electrons. The third-order valence-corrected chi connectivity index (χ3v) is 7.52. The first-order valence-corrected chi connectivity index (χ1v) is 12.2. The number of fused-ring (bicyclic) bond motifs is 2. The molecule has 1 aromatic carbocycles. The Balaban J connectivity index is 1.17. The summed E-state index contributed by atoms with van der Waals surface area (Å²) in [5, 5.41) is 2.33. The molecule has 8 heteroatoms. The Hall–Kier alpha value is -3.26. The first-order valence-electron chi connectivity index (χ1n) is 12.2. The van der Waals surface area contributed by atoms with Crippen molar-refractivity contribution in [2.45, 2.75) is 70.2 Å². The number of hydrazine groups is 1. The quantitative estimate of drug-likeness (QED) is 0.653. The highest BCUT2D eigenvalue weighted by molar-refractivity contribution is 6.04. The third-order valence-electron chi connectivity index (χ3n) is 7.52. The third kappa shape index (κ3) is 3.66. The Labute approximate surface area is 198 Å². The molecule has 2 aromatic rings. The molecule has 4 heterocycles. The van der Waals surface area contributed by atoms with Crippen LogP contribution in [0.25, 0.3) is 0 Å². The summed E-state index contributed by atoms with van der Waals surface area (Å²) in [5.41, 5.74) is 3.83. The van der Waals surface area contributed by atoms with Crippen LogP contribution in [0.5, 0.6) is 5.75 Å². The van der Waals surface area contributed by atoms with E-state index in [9.17, 15) is 14.4 Å². The molecule has 0 bridgehead atoms. The minimum Gasteiger partial charge on any atom is -0.489 e. The number of carbonyl (C=O) groups excluding carboxylic acids is 3. The fourth-order valence-electron chi connectivity index (χ4n) is 5.83. The molecule has 6 rings (SSSR count). The number of benzene rings is 1. The molecule has 1 saturated heterocycles. The summed E-state index contributed by atoms with van der Waals surface area (Å²) < 4.78 is 6.48. The van der Waals surface area contributed by atoms with Gasteiger partial charge in [-0.1, -0.05) is 6.07 Å². The topological polar surface area (TPSA) is 83.1 Å². The Morgan fingerprint density at radius 3 is 2.62 bits per heavy atom. The van der Waals surface area contributed by atoms with Crippen LogP contribution in [-0.4, -0.2) is 56.3 Å². The van der Waals surface area contributed by atoms with Gasteiger partial charge in [0, 0.05) is 55.8 Å². The van der Waals surface area contributed by atoms with Crippen molar-refractivity contribution in [1.82, 2.24) is 19.9 Å². The molecule has 1 aliphatic carbocycles. The number of amides is 3. The number of imide groups is 1. The van der Waals surface area contributed by atoms with E-state index in [1.54, 1.807) is 6.07 Å². The Kier molecular flexibility index (Phi) is 5.32. The highest BCUT2D eigenvalue weighted by atomic mass is 16.5. The number of rotatable bonds is 4. The van der Waals surface area contributed by atoms with Gasteiger partial charge in [0.15, 0.2) is 0 Å². The predicted octanol–water partition coefficient (Wildman–Crippen LogP) is 2.85. The van der Waals surface area contributed by atoms with E-state index >= 15 is 0 Å². The molecule has 0 spiro atoms. The maximum atomic E-state index is 12.9. The average molecular weight is 461 g/mol. The number of pyridine rings is 1. The van der Waals surface area contributed by atoms with E-state index in [2.05, 4.69) is 16.0 Å². The lowest BCUT2D eigenvalue weighted by molar-refractivity contribution is -0.163. The summed E-state index contributed by atoms with van der Waals surface area (Å²) in [4.78, 5) is 44.6. The van der Waals surface area contributed by atoms with Crippen LogP contribution >= 0.6 is 0 Å². The minimum absolute atomic E-state index is 0.0923. The second-order valence-corrected chi connectivity index (χ2v) is 9.62. The lowest BCUT2D eigenvalue weighted by atomic mass is 10.0. The normalized spacial score (nSPS) is 25.0. The molecule has 0 N–H and O–H groups in total. The van der Waals surface area contributed by atoms with Gasteiger partial charge in [-0.15, -0.1) is 0 Å². The summed E-state index contributed by atoms with van der Waals surface area (Å²) in [6.45, 7) is 2.10. The zero-order valence-corrected chi connectivity index (χ0v) is 19.1. The zero-order valence-electron chi connectivity index (χ0n) is 19.1. The van der Waals surface area contributed by atoms with Gasteiger partial charge < -0.3 is 4.74 Å². The molecule has 3 aliphatic heterocycles. The molecule has 2 atom stereocenters. The van der Waals surface area contributed by atoms with Crippen LogP contribution in [0.1, 0.15) is 65.7 Å². The molecule has 8 nitrogen and oxygen atoms in total. The number of hydrogen-bond acceptors (Lipinski definition) is 6. The molecule has 2 fully saturated rings. The van der Waals surface area contributed by atoms with E-state index in [0.717, 1.165) is 55.1 Å². The van der Waals surface area contributed by atoms with Crippen molar-refractivity contribution in [2.75, 3.05) is 6.54 Å². The van der Waals surface area contributed by atoms with Crippen LogP contribution in [0.3, 0.4) is 0 Å². The van der Waals surface area contributed by atoms with E-state index < -0.39 is 0 Å². The minimum atomic E-state index is -0.305. The fourth-order valence-corrected chi connectivity index (χ4v) is 5.83. The number of ether oxygens (including phenoxy) is 1. The number of carbonyl (C=O) groups is 3. The SMILES string of the molecule is O=C1c2ccc(O[C@H]3CCC[C@@H]3N3CCc4ncccc4C3)cc2CN1N1C(=O)CCCC1=O. The van der Waals surface area contributed by atoms with Crippen molar-refractivity contribution in [1.29, 1.82) is 0 Å². The summed E-state index contributed by atoms with van der Waals surface area (Å²) >= 11 is 0. The van der Waals surface area contributed by atoms with Crippen LogP contribution in [0.15, 0.2) is 36.5 Å². The number of nitrogens with zero attached hydrogens (tertiary/aromatic N) is 4. The predicted molar refractivity (Wildman–Crippen MR) is 122 cm³/mol. The first-order chi connectivity index (χ1) is 16.6. The lowest BCUT2D eigenvalue weighted by Crippen LogP contribution is -2.51. The molecular weight excluding hydrogens is 432 g/mol. The Morgan fingerprint density at radius 2 is 1.76 bits per heavy atom. The molecule has 0 unspecified atom stereocenters. The summed E-state index contributed by atoms with van der Waals surface area (Å²) in [7, 11) is 0. The molecule has 1 saturated carbocycles. The largest absolute Gasteiger partial charge is 0.489 e. The van der Waals surface area contributed by atoms with Gasteiger partial charge in [-0.05, 0) is 61.1 Å². The molecule has 4 aliphatic rings. The molecule has 176 valence electrons. The number of hydrogen-bond donors (Lipinski definition) is 0. The number of aromatic nitrogens is 1. The van der Waals surface area contributed by atoms with E-state index in [1.165, 1.54) is 16.3 Å². The highest BCUT2D eigenvalue weighted by Crippen LogP contribution is 2.34.